The minimum atomic E-state index is -0.0727. The number of thiazole rings is 1. The molecule has 1 fully saturated rings. The summed E-state index contributed by atoms with van der Waals surface area (Å²) >= 11 is 5.02. The molecular formula is C15H12BrN3OS. The molecule has 1 saturated carbocycles. The summed E-state index contributed by atoms with van der Waals surface area (Å²) in [4.78, 5) is 16.7. The van der Waals surface area contributed by atoms with Crippen molar-refractivity contribution in [2.75, 3.05) is 5.32 Å². The van der Waals surface area contributed by atoms with Gasteiger partial charge in [-0.2, -0.15) is 0 Å². The summed E-state index contributed by atoms with van der Waals surface area (Å²) in [6, 6.07) is 8.13. The van der Waals surface area contributed by atoms with E-state index in [1.54, 1.807) is 11.3 Å². The summed E-state index contributed by atoms with van der Waals surface area (Å²) in [5, 5.41) is 2.97. The molecule has 1 aliphatic carbocycles. The number of benzene rings is 1. The van der Waals surface area contributed by atoms with Gasteiger partial charge in [-0.3, -0.25) is 4.79 Å². The number of amides is 1. The van der Waals surface area contributed by atoms with Crippen LogP contribution in [0.15, 0.2) is 40.4 Å². The SMILES string of the molecule is O=C(Nc1ccc2ncsc2c1)c1cc(Br)cn1C1CC1. The van der Waals surface area contributed by atoms with Gasteiger partial charge in [-0.15, -0.1) is 11.3 Å². The maximum Gasteiger partial charge on any atom is 0.272 e. The highest BCUT2D eigenvalue weighted by atomic mass is 79.9. The van der Waals surface area contributed by atoms with E-state index >= 15 is 0 Å². The Morgan fingerprint density at radius 3 is 3.05 bits per heavy atom. The molecule has 0 saturated heterocycles. The summed E-state index contributed by atoms with van der Waals surface area (Å²) in [5.74, 6) is -0.0727. The predicted octanol–water partition coefficient (Wildman–Crippen LogP) is 4.45. The summed E-state index contributed by atoms with van der Waals surface area (Å²) in [5.41, 5.74) is 4.28. The van der Waals surface area contributed by atoms with E-state index in [4.69, 9.17) is 0 Å². The Hall–Kier alpha value is -1.66. The minimum Gasteiger partial charge on any atom is -0.339 e. The highest BCUT2D eigenvalue weighted by Crippen LogP contribution is 2.37. The van der Waals surface area contributed by atoms with Gasteiger partial charge in [0.15, 0.2) is 0 Å². The van der Waals surface area contributed by atoms with Crippen LogP contribution in [0.3, 0.4) is 0 Å². The summed E-state index contributed by atoms with van der Waals surface area (Å²) in [7, 11) is 0. The summed E-state index contributed by atoms with van der Waals surface area (Å²) in [6.07, 6.45) is 4.28. The second-order valence-electron chi connectivity index (χ2n) is 5.17. The van der Waals surface area contributed by atoms with Crippen molar-refractivity contribution in [3.8, 4) is 0 Å². The maximum atomic E-state index is 12.5. The lowest BCUT2D eigenvalue weighted by Crippen LogP contribution is -2.16. The van der Waals surface area contributed by atoms with Gasteiger partial charge in [0.25, 0.3) is 5.91 Å². The lowest BCUT2D eigenvalue weighted by molar-refractivity contribution is 0.101. The average molecular weight is 362 g/mol. The zero-order valence-corrected chi connectivity index (χ0v) is 13.4. The first kappa shape index (κ1) is 13.0. The van der Waals surface area contributed by atoms with Crippen LogP contribution in [0.5, 0.6) is 0 Å². The van der Waals surface area contributed by atoms with Gasteiger partial charge in [0.2, 0.25) is 0 Å². The molecule has 4 nitrogen and oxygen atoms in total. The molecule has 1 amide bonds. The number of rotatable bonds is 3. The molecule has 2 heterocycles. The fourth-order valence-corrected chi connectivity index (χ4v) is 3.56. The second kappa shape index (κ2) is 4.96. The fraction of sp³-hybridized carbons (Fsp3) is 0.200. The number of anilines is 1. The third-order valence-corrected chi connectivity index (χ3v) is 4.80. The van der Waals surface area contributed by atoms with E-state index in [0.29, 0.717) is 11.7 Å². The lowest BCUT2D eigenvalue weighted by Gasteiger charge is -2.08. The Balaban J connectivity index is 1.62. The summed E-state index contributed by atoms with van der Waals surface area (Å²) in [6.45, 7) is 0. The van der Waals surface area contributed by atoms with Crippen molar-refractivity contribution < 1.29 is 4.79 Å². The lowest BCUT2D eigenvalue weighted by atomic mass is 10.3. The molecule has 0 atom stereocenters. The van der Waals surface area contributed by atoms with E-state index in [1.807, 2.05) is 36.0 Å². The largest absolute Gasteiger partial charge is 0.339 e. The van der Waals surface area contributed by atoms with Gasteiger partial charge in [-0.05, 0) is 53.0 Å². The van der Waals surface area contributed by atoms with E-state index in [9.17, 15) is 4.79 Å². The van der Waals surface area contributed by atoms with E-state index in [1.165, 1.54) is 0 Å². The van der Waals surface area contributed by atoms with Crippen molar-refractivity contribution in [2.24, 2.45) is 0 Å². The first-order valence-corrected chi connectivity index (χ1v) is 8.40. The van der Waals surface area contributed by atoms with Crippen molar-refractivity contribution in [3.63, 3.8) is 0 Å². The first-order valence-electron chi connectivity index (χ1n) is 6.73. The first-order chi connectivity index (χ1) is 10.2. The smallest absolute Gasteiger partial charge is 0.272 e. The molecule has 4 rings (SSSR count). The normalized spacial score (nSPS) is 14.5. The van der Waals surface area contributed by atoms with Crippen LogP contribution in [0.1, 0.15) is 29.4 Å². The topological polar surface area (TPSA) is 46.9 Å². The standard InChI is InChI=1S/C15H12BrN3OS/c16-9-5-13(19(7-9)11-2-3-11)15(20)18-10-1-4-12-14(6-10)21-8-17-12/h1,4-8,11H,2-3H2,(H,18,20). The molecular weight excluding hydrogens is 350 g/mol. The van der Waals surface area contributed by atoms with Crippen LogP contribution in [0.25, 0.3) is 10.2 Å². The molecule has 6 heteroatoms. The Morgan fingerprint density at radius 1 is 1.38 bits per heavy atom. The number of hydrogen-bond acceptors (Lipinski definition) is 3. The third kappa shape index (κ3) is 2.49. The van der Waals surface area contributed by atoms with E-state index < -0.39 is 0 Å². The maximum absolute atomic E-state index is 12.5. The van der Waals surface area contributed by atoms with Crippen molar-refractivity contribution in [1.82, 2.24) is 9.55 Å². The minimum absolute atomic E-state index is 0.0727. The number of carbonyl (C=O) groups excluding carboxylic acids is 1. The molecule has 0 unspecified atom stereocenters. The molecule has 1 N–H and O–H groups in total. The number of carbonyl (C=O) groups is 1. The zero-order chi connectivity index (χ0) is 14.4. The highest BCUT2D eigenvalue weighted by Gasteiger charge is 2.27. The molecule has 0 radical (unpaired) electrons. The fourth-order valence-electron chi connectivity index (χ4n) is 2.41. The van der Waals surface area contributed by atoms with Crippen LogP contribution in [-0.4, -0.2) is 15.5 Å². The van der Waals surface area contributed by atoms with Crippen molar-refractivity contribution in [2.45, 2.75) is 18.9 Å². The van der Waals surface area contributed by atoms with Crippen LogP contribution in [0, 0.1) is 0 Å². The highest BCUT2D eigenvalue weighted by molar-refractivity contribution is 9.10. The van der Waals surface area contributed by atoms with Gasteiger partial charge < -0.3 is 9.88 Å². The van der Waals surface area contributed by atoms with Crippen LogP contribution < -0.4 is 5.32 Å². The quantitative estimate of drug-likeness (QED) is 0.748. The molecule has 3 aromatic rings. The van der Waals surface area contributed by atoms with Gasteiger partial charge in [-0.25, -0.2) is 4.98 Å². The Labute approximate surface area is 133 Å². The van der Waals surface area contributed by atoms with Crippen LogP contribution in [0.4, 0.5) is 5.69 Å². The number of aromatic nitrogens is 2. The van der Waals surface area contributed by atoms with Gasteiger partial charge in [0.1, 0.15) is 5.69 Å². The predicted molar refractivity (Wildman–Crippen MR) is 88.0 cm³/mol. The van der Waals surface area contributed by atoms with Crippen LogP contribution in [0.2, 0.25) is 0 Å². The van der Waals surface area contributed by atoms with Crippen molar-refractivity contribution >= 4 is 49.1 Å². The molecule has 21 heavy (non-hydrogen) atoms. The van der Waals surface area contributed by atoms with Gasteiger partial charge in [0.05, 0.1) is 15.7 Å². The molecule has 2 aromatic heterocycles. The Kier molecular flexibility index (Phi) is 3.08. The molecule has 0 spiro atoms. The molecule has 1 aromatic carbocycles. The Bertz CT molecular complexity index is 834. The van der Waals surface area contributed by atoms with E-state index in [0.717, 1.165) is 33.2 Å². The molecule has 106 valence electrons. The van der Waals surface area contributed by atoms with Gasteiger partial charge in [0, 0.05) is 22.4 Å². The van der Waals surface area contributed by atoms with Crippen LogP contribution in [-0.2, 0) is 0 Å². The van der Waals surface area contributed by atoms with E-state index in [2.05, 4.69) is 30.8 Å². The second-order valence-corrected chi connectivity index (χ2v) is 6.97. The molecule has 0 bridgehead atoms. The third-order valence-electron chi connectivity index (χ3n) is 3.58. The zero-order valence-electron chi connectivity index (χ0n) is 11.0. The number of fused-ring (bicyclic) bond motifs is 1. The van der Waals surface area contributed by atoms with Crippen molar-refractivity contribution in [1.29, 1.82) is 0 Å². The molecule has 0 aliphatic heterocycles. The van der Waals surface area contributed by atoms with E-state index in [-0.39, 0.29) is 5.91 Å². The monoisotopic (exact) mass is 361 g/mol. The van der Waals surface area contributed by atoms with Crippen LogP contribution >= 0.6 is 27.3 Å². The van der Waals surface area contributed by atoms with Gasteiger partial charge >= 0.3 is 0 Å². The molecule has 1 aliphatic rings. The van der Waals surface area contributed by atoms with Crippen molar-refractivity contribution in [3.05, 3.63) is 46.1 Å². The number of hydrogen-bond donors (Lipinski definition) is 1. The Morgan fingerprint density at radius 2 is 2.24 bits per heavy atom. The number of nitrogens with zero attached hydrogens (tertiary/aromatic N) is 2. The van der Waals surface area contributed by atoms with Gasteiger partial charge in [-0.1, -0.05) is 0 Å². The number of halogens is 1. The summed E-state index contributed by atoms with van der Waals surface area (Å²) < 4.78 is 4.08. The average Bonchev–Trinajstić information content (AvgIpc) is 3.07. The number of nitrogens with one attached hydrogen (secondary N) is 1.